The third-order valence-corrected chi connectivity index (χ3v) is 3.58. The highest BCUT2D eigenvalue weighted by atomic mass is 79.9. The van der Waals surface area contributed by atoms with E-state index in [4.69, 9.17) is 5.11 Å². The molecule has 98 valence electrons. The van der Waals surface area contributed by atoms with Crippen molar-refractivity contribution in [1.29, 1.82) is 0 Å². The summed E-state index contributed by atoms with van der Waals surface area (Å²) in [5.41, 5.74) is 0.938. The van der Waals surface area contributed by atoms with E-state index in [-0.39, 0.29) is 5.56 Å². The van der Waals surface area contributed by atoms with E-state index < -0.39 is 5.97 Å². The van der Waals surface area contributed by atoms with Gasteiger partial charge in [0, 0.05) is 21.3 Å². The fraction of sp³-hybridized carbons (Fsp3) is 0.0769. The lowest BCUT2D eigenvalue weighted by atomic mass is 10.2. The highest BCUT2D eigenvalue weighted by Gasteiger charge is 2.12. The number of hydrogen-bond donors (Lipinski definition) is 2. The number of hydrogen-bond acceptors (Lipinski definition) is 4. The number of pyridine rings is 1. The van der Waals surface area contributed by atoms with Gasteiger partial charge in [0.05, 0.1) is 0 Å². The summed E-state index contributed by atoms with van der Waals surface area (Å²) in [5, 5.41) is 12.2. The summed E-state index contributed by atoms with van der Waals surface area (Å²) < 4.78 is 0.633. The molecule has 4 nitrogen and oxygen atoms in total. The van der Waals surface area contributed by atoms with Crippen LogP contribution in [0.25, 0.3) is 0 Å². The summed E-state index contributed by atoms with van der Waals surface area (Å²) in [6.45, 7) is 0. The number of aromatic nitrogens is 1. The largest absolute Gasteiger partial charge is 0.478 e. The van der Waals surface area contributed by atoms with Crippen molar-refractivity contribution < 1.29 is 9.90 Å². The lowest BCUT2D eigenvalue weighted by molar-refractivity contribution is 0.0697. The van der Waals surface area contributed by atoms with Gasteiger partial charge in [-0.05, 0) is 46.5 Å². The maximum Gasteiger partial charge on any atom is 0.339 e. The van der Waals surface area contributed by atoms with Crippen LogP contribution >= 0.6 is 27.7 Å². The molecule has 0 unspecified atom stereocenters. The predicted molar refractivity (Wildman–Crippen MR) is 80.4 cm³/mol. The van der Waals surface area contributed by atoms with Gasteiger partial charge in [-0.3, -0.25) is 0 Å². The average molecular weight is 339 g/mol. The van der Waals surface area contributed by atoms with Crippen LogP contribution in [0.4, 0.5) is 11.5 Å². The van der Waals surface area contributed by atoms with E-state index >= 15 is 0 Å². The average Bonchev–Trinajstić information content (AvgIpc) is 2.41. The molecule has 0 radical (unpaired) electrons. The highest BCUT2D eigenvalue weighted by Crippen LogP contribution is 2.24. The Labute approximate surface area is 123 Å². The van der Waals surface area contributed by atoms with E-state index in [1.165, 1.54) is 6.07 Å². The van der Waals surface area contributed by atoms with Crippen molar-refractivity contribution in [2.75, 3.05) is 11.6 Å². The van der Waals surface area contributed by atoms with Crippen LogP contribution in [0.5, 0.6) is 0 Å². The van der Waals surface area contributed by atoms with Crippen LogP contribution < -0.4 is 5.32 Å². The molecule has 1 heterocycles. The number of anilines is 2. The topological polar surface area (TPSA) is 62.2 Å². The fourth-order valence-corrected chi connectivity index (χ4v) is 2.33. The molecule has 2 rings (SSSR count). The molecule has 0 fully saturated rings. The Morgan fingerprint density at radius 1 is 1.42 bits per heavy atom. The van der Waals surface area contributed by atoms with Crippen molar-refractivity contribution in [3.05, 3.63) is 46.6 Å². The Balaban J connectivity index is 2.34. The number of aromatic carboxylic acids is 1. The first-order valence-corrected chi connectivity index (χ1v) is 7.42. The zero-order valence-electron chi connectivity index (χ0n) is 10.1. The number of thioether (sulfide) groups is 1. The third kappa shape index (κ3) is 3.48. The second-order valence-corrected chi connectivity index (χ2v) is 5.51. The van der Waals surface area contributed by atoms with Gasteiger partial charge in [-0.15, -0.1) is 11.8 Å². The van der Waals surface area contributed by atoms with Gasteiger partial charge in [-0.25, -0.2) is 9.78 Å². The van der Waals surface area contributed by atoms with Gasteiger partial charge in [0.15, 0.2) is 0 Å². The first kappa shape index (κ1) is 13.9. The second kappa shape index (κ2) is 6.08. The molecule has 0 saturated heterocycles. The highest BCUT2D eigenvalue weighted by molar-refractivity contribution is 9.10. The van der Waals surface area contributed by atoms with Gasteiger partial charge in [-0.1, -0.05) is 6.07 Å². The molecule has 0 amide bonds. The number of benzene rings is 1. The molecule has 1 aromatic carbocycles. The SMILES string of the molecule is CSc1cccc(Nc2ncc(Br)cc2C(=O)O)c1. The Bertz CT molecular complexity index is 619. The number of carboxylic acids is 1. The molecule has 0 spiro atoms. The van der Waals surface area contributed by atoms with Crippen LogP contribution in [0.15, 0.2) is 45.9 Å². The lowest BCUT2D eigenvalue weighted by Crippen LogP contribution is -2.04. The molecule has 0 aliphatic heterocycles. The van der Waals surface area contributed by atoms with Crippen LogP contribution in [0, 0.1) is 0 Å². The van der Waals surface area contributed by atoms with E-state index in [0.717, 1.165) is 10.6 Å². The summed E-state index contributed by atoms with van der Waals surface area (Å²) in [4.78, 5) is 16.4. The molecular formula is C13H11BrN2O2S. The summed E-state index contributed by atoms with van der Waals surface area (Å²) in [5.74, 6) is -0.689. The number of nitrogens with one attached hydrogen (secondary N) is 1. The van der Waals surface area contributed by atoms with Crippen molar-refractivity contribution in [3.8, 4) is 0 Å². The van der Waals surface area contributed by atoms with Crippen LogP contribution in [-0.2, 0) is 0 Å². The Hall–Kier alpha value is -1.53. The maximum atomic E-state index is 11.2. The molecular weight excluding hydrogens is 328 g/mol. The number of carboxylic acid groups (broad SMARTS) is 1. The van der Waals surface area contributed by atoms with E-state index in [1.807, 2.05) is 30.5 Å². The minimum absolute atomic E-state index is 0.129. The number of carbonyl (C=O) groups is 1. The second-order valence-electron chi connectivity index (χ2n) is 3.71. The minimum Gasteiger partial charge on any atom is -0.478 e. The zero-order valence-corrected chi connectivity index (χ0v) is 12.5. The van der Waals surface area contributed by atoms with E-state index in [1.54, 1.807) is 18.0 Å². The first-order valence-electron chi connectivity index (χ1n) is 5.40. The Morgan fingerprint density at radius 2 is 2.21 bits per heavy atom. The van der Waals surface area contributed by atoms with Gasteiger partial charge >= 0.3 is 5.97 Å². The van der Waals surface area contributed by atoms with E-state index in [0.29, 0.717) is 10.3 Å². The maximum absolute atomic E-state index is 11.2. The van der Waals surface area contributed by atoms with Gasteiger partial charge in [-0.2, -0.15) is 0 Å². The van der Waals surface area contributed by atoms with Crippen molar-refractivity contribution >= 4 is 45.2 Å². The van der Waals surface area contributed by atoms with E-state index in [9.17, 15) is 4.79 Å². The van der Waals surface area contributed by atoms with Crippen molar-refractivity contribution in [2.45, 2.75) is 4.90 Å². The first-order chi connectivity index (χ1) is 9.10. The standard InChI is InChI=1S/C13H11BrN2O2S/c1-19-10-4-2-3-9(6-10)16-12-11(13(17)18)5-8(14)7-15-12/h2-7H,1H3,(H,15,16)(H,17,18). The fourth-order valence-electron chi connectivity index (χ4n) is 1.54. The number of rotatable bonds is 4. The van der Waals surface area contributed by atoms with Gasteiger partial charge in [0.25, 0.3) is 0 Å². The zero-order chi connectivity index (χ0) is 13.8. The van der Waals surface area contributed by atoms with Gasteiger partial charge < -0.3 is 10.4 Å². The molecule has 0 aliphatic rings. The van der Waals surface area contributed by atoms with Crippen molar-refractivity contribution in [1.82, 2.24) is 4.98 Å². The number of nitrogens with zero attached hydrogens (tertiary/aromatic N) is 1. The van der Waals surface area contributed by atoms with Gasteiger partial charge in [0.2, 0.25) is 0 Å². The Kier molecular flexibility index (Phi) is 4.44. The lowest BCUT2D eigenvalue weighted by Gasteiger charge is -2.09. The molecule has 0 bridgehead atoms. The minimum atomic E-state index is -1.02. The molecule has 0 saturated carbocycles. The Morgan fingerprint density at radius 3 is 2.89 bits per heavy atom. The molecule has 19 heavy (non-hydrogen) atoms. The molecule has 0 aliphatic carbocycles. The summed E-state index contributed by atoms with van der Waals surface area (Å²) in [6.07, 6.45) is 3.55. The molecule has 2 aromatic rings. The van der Waals surface area contributed by atoms with Crippen LogP contribution in [0.2, 0.25) is 0 Å². The smallest absolute Gasteiger partial charge is 0.339 e. The normalized spacial score (nSPS) is 10.2. The van der Waals surface area contributed by atoms with Crippen molar-refractivity contribution in [2.24, 2.45) is 0 Å². The summed E-state index contributed by atoms with van der Waals surface area (Å²) in [7, 11) is 0. The van der Waals surface area contributed by atoms with E-state index in [2.05, 4.69) is 26.2 Å². The number of halogens is 1. The molecule has 0 atom stereocenters. The van der Waals surface area contributed by atoms with Crippen molar-refractivity contribution in [3.63, 3.8) is 0 Å². The molecule has 6 heteroatoms. The molecule has 1 aromatic heterocycles. The predicted octanol–water partition coefficient (Wildman–Crippen LogP) is 4.01. The summed E-state index contributed by atoms with van der Waals surface area (Å²) >= 11 is 4.84. The van der Waals surface area contributed by atoms with Crippen LogP contribution in [0.1, 0.15) is 10.4 Å². The third-order valence-electron chi connectivity index (χ3n) is 2.42. The van der Waals surface area contributed by atoms with Gasteiger partial charge in [0.1, 0.15) is 11.4 Å². The summed E-state index contributed by atoms with van der Waals surface area (Å²) in [6, 6.07) is 9.24. The monoisotopic (exact) mass is 338 g/mol. The quantitative estimate of drug-likeness (QED) is 0.824. The van der Waals surface area contributed by atoms with Crippen LogP contribution in [0.3, 0.4) is 0 Å². The molecule has 2 N–H and O–H groups in total. The van der Waals surface area contributed by atoms with Crippen LogP contribution in [-0.4, -0.2) is 22.3 Å².